The van der Waals surface area contributed by atoms with Crippen molar-refractivity contribution in [3.63, 3.8) is 0 Å². The maximum atomic E-state index is 6.19. The van der Waals surface area contributed by atoms with Crippen LogP contribution in [-0.4, -0.2) is 16.5 Å². The van der Waals surface area contributed by atoms with Crippen LogP contribution in [0.5, 0.6) is 5.75 Å². The normalized spacial score (nSPS) is 11.1. The standard InChI is InChI=1S/C17H27N3O/c1-3-4-5-6-7-8-9-11-14-16(18)20-13-10-12-15(21-2)17(20)19-14/h10,12-13H,3-9,11,18H2,1-2H3. The van der Waals surface area contributed by atoms with Crippen molar-refractivity contribution in [2.75, 3.05) is 12.8 Å². The van der Waals surface area contributed by atoms with E-state index in [4.69, 9.17) is 10.5 Å². The van der Waals surface area contributed by atoms with Gasteiger partial charge in [0, 0.05) is 6.20 Å². The van der Waals surface area contributed by atoms with Crippen LogP contribution in [-0.2, 0) is 6.42 Å². The summed E-state index contributed by atoms with van der Waals surface area (Å²) in [6.45, 7) is 2.25. The van der Waals surface area contributed by atoms with E-state index in [0.29, 0.717) is 0 Å². The molecule has 0 unspecified atom stereocenters. The van der Waals surface area contributed by atoms with Crippen LogP contribution in [0.1, 0.15) is 57.6 Å². The van der Waals surface area contributed by atoms with Crippen LogP contribution in [0.15, 0.2) is 18.3 Å². The van der Waals surface area contributed by atoms with E-state index in [1.807, 2.05) is 22.7 Å². The number of ether oxygens (including phenoxy) is 1. The number of hydrogen-bond donors (Lipinski definition) is 1. The highest BCUT2D eigenvalue weighted by molar-refractivity contribution is 5.61. The van der Waals surface area contributed by atoms with Gasteiger partial charge in [-0.2, -0.15) is 0 Å². The summed E-state index contributed by atoms with van der Waals surface area (Å²) in [5.41, 5.74) is 8.00. The monoisotopic (exact) mass is 289 g/mol. The van der Waals surface area contributed by atoms with Crippen molar-refractivity contribution in [1.82, 2.24) is 9.38 Å². The fourth-order valence-electron chi connectivity index (χ4n) is 2.70. The molecule has 2 aromatic rings. The van der Waals surface area contributed by atoms with Crippen LogP contribution in [0.2, 0.25) is 0 Å². The van der Waals surface area contributed by atoms with Gasteiger partial charge >= 0.3 is 0 Å². The molecule has 0 aliphatic rings. The number of aromatic nitrogens is 2. The summed E-state index contributed by atoms with van der Waals surface area (Å²) in [7, 11) is 1.66. The minimum Gasteiger partial charge on any atom is -0.493 e. The van der Waals surface area contributed by atoms with E-state index in [9.17, 15) is 0 Å². The van der Waals surface area contributed by atoms with Gasteiger partial charge in [0.05, 0.1) is 12.8 Å². The number of nitrogens with two attached hydrogens (primary N) is 1. The summed E-state index contributed by atoms with van der Waals surface area (Å²) >= 11 is 0. The SMILES string of the molecule is CCCCCCCCCc1nc2c(OC)cccn2c1N. The van der Waals surface area contributed by atoms with E-state index >= 15 is 0 Å². The van der Waals surface area contributed by atoms with Crippen LogP contribution in [0, 0.1) is 0 Å². The highest BCUT2D eigenvalue weighted by Crippen LogP contribution is 2.24. The quantitative estimate of drug-likeness (QED) is 0.703. The molecule has 0 atom stereocenters. The summed E-state index contributed by atoms with van der Waals surface area (Å²) in [5, 5.41) is 0. The zero-order valence-electron chi connectivity index (χ0n) is 13.3. The fraction of sp³-hybridized carbons (Fsp3) is 0.588. The zero-order valence-corrected chi connectivity index (χ0v) is 13.3. The van der Waals surface area contributed by atoms with Crippen molar-refractivity contribution in [2.24, 2.45) is 0 Å². The van der Waals surface area contributed by atoms with Gasteiger partial charge in [0.25, 0.3) is 0 Å². The minimum atomic E-state index is 0.745. The van der Waals surface area contributed by atoms with E-state index in [-0.39, 0.29) is 0 Å². The molecule has 0 aliphatic carbocycles. The second-order valence-electron chi connectivity index (χ2n) is 5.59. The first-order valence-electron chi connectivity index (χ1n) is 8.07. The van der Waals surface area contributed by atoms with Crippen LogP contribution >= 0.6 is 0 Å². The van der Waals surface area contributed by atoms with Gasteiger partial charge in [-0.05, 0) is 25.0 Å². The molecule has 0 saturated carbocycles. The molecule has 0 fully saturated rings. The Morgan fingerprint density at radius 1 is 1.14 bits per heavy atom. The Kier molecular flexibility index (Phi) is 5.90. The number of methoxy groups -OCH3 is 1. The van der Waals surface area contributed by atoms with Crippen LogP contribution in [0.3, 0.4) is 0 Å². The predicted octanol–water partition coefficient (Wildman–Crippen LogP) is 4.22. The number of anilines is 1. The van der Waals surface area contributed by atoms with Crippen molar-refractivity contribution in [1.29, 1.82) is 0 Å². The molecule has 116 valence electrons. The van der Waals surface area contributed by atoms with Gasteiger partial charge in [-0.25, -0.2) is 4.98 Å². The Morgan fingerprint density at radius 3 is 2.57 bits per heavy atom. The Morgan fingerprint density at radius 2 is 1.86 bits per heavy atom. The summed E-state index contributed by atoms with van der Waals surface area (Å²) in [4.78, 5) is 4.64. The van der Waals surface area contributed by atoms with Crippen molar-refractivity contribution in [3.8, 4) is 5.75 Å². The number of fused-ring (bicyclic) bond motifs is 1. The highest BCUT2D eigenvalue weighted by Gasteiger charge is 2.11. The first-order valence-corrected chi connectivity index (χ1v) is 8.07. The average Bonchev–Trinajstić information content (AvgIpc) is 2.83. The fourth-order valence-corrected chi connectivity index (χ4v) is 2.70. The summed E-state index contributed by atoms with van der Waals surface area (Å²) in [6.07, 6.45) is 12.0. The number of hydrogen-bond acceptors (Lipinski definition) is 3. The molecule has 0 spiro atoms. The van der Waals surface area contributed by atoms with E-state index in [0.717, 1.165) is 35.8 Å². The van der Waals surface area contributed by atoms with Gasteiger partial charge < -0.3 is 10.5 Å². The zero-order chi connectivity index (χ0) is 15.1. The minimum absolute atomic E-state index is 0.745. The van der Waals surface area contributed by atoms with Crippen LogP contribution < -0.4 is 10.5 Å². The van der Waals surface area contributed by atoms with Gasteiger partial charge in [-0.1, -0.05) is 45.4 Å². The molecular formula is C17H27N3O. The number of unbranched alkanes of at least 4 members (excludes halogenated alkanes) is 6. The molecule has 0 radical (unpaired) electrons. The lowest BCUT2D eigenvalue weighted by Crippen LogP contribution is -1.97. The third-order valence-electron chi connectivity index (χ3n) is 3.96. The van der Waals surface area contributed by atoms with E-state index in [1.165, 1.54) is 38.5 Å². The van der Waals surface area contributed by atoms with Crippen molar-refractivity contribution < 1.29 is 4.74 Å². The molecule has 21 heavy (non-hydrogen) atoms. The predicted molar refractivity (Wildman–Crippen MR) is 87.9 cm³/mol. The molecule has 0 aliphatic heterocycles. The highest BCUT2D eigenvalue weighted by atomic mass is 16.5. The van der Waals surface area contributed by atoms with E-state index in [1.54, 1.807) is 7.11 Å². The van der Waals surface area contributed by atoms with Gasteiger partial charge in [0.15, 0.2) is 11.4 Å². The molecule has 2 N–H and O–H groups in total. The van der Waals surface area contributed by atoms with Gasteiger partial charge in [-0.15, -0.1) is 0 Å². The smallest absolute Gasteiger partial charge is 0.181 e. The number of nitrogens with zero attached hydrogens (tertiary/aromatic N) is 2. The van der Waals surface area contributed by atoms with Crippen molar-refractivity contribution in [3.05, 3.63) is 24.0 Å². The summed E-state index contributed by atoms with van der Waals surface area (Å²) in [5.74, 6) is 1.52. The Labute approximate surface area is 127 Å². The van der Waals surface area contributed by atoms with Gasteiger partial charge in [0.2, 0.25) is 0 Å². The first-order chi connectivity index (χ1) is 10.3. The number of rotatable bonds is 9. The molecule has 0 amide bonds. The lowest BCUT2D eigenvalue weighted by atomic mass is 10.1. The summed E-state index contributed by atoms with van der Waals surface area (Å²) < 4.78 is 7.25. The molecule has 4 nitrogen and oxygen atoms in total. The Hall–Kier alpha value is -1.71. The second kappa shape index (κ2) is 7.91. The number of aryl methyl sites for hydroxylation is 1. The molecule has 2 rings (SSSR count). The topological polar surface area (TPSA) is 52.5 Å². The maximum absolute atomic E-state index is 6.19. The molecular weight excluding hydrogens is 262 g/mol. The number of nitrogen functional groups attached to an aromatic ring is 1. The molecule has 2 heterocycles. The van der Waals surface area contributed by atoms with Crippen molar-refractivity contribution >= 4 is 11.5 Å². The van der Waals surface area contributed by atoms with E-state index in [2.05, 4.69) is 11.9 Å². The molecule has 0 aromatic carbocycles. The Bertz CT molecular complexity index is 562. The largest absolute Gasteiger partial charge is 0.493 e. The number of pyridine rings is 1. The average molecular weight is 289 g/mol. The molecule has 0 bridgehead atoms. The lowest BCUT2D eigenvalue weighted by molar-refractivity contribution is 0.417. The van der Waals surface area contributed by atoms with Crippen molar-refractivity contribution in [2.45, 2.75) is 58.3 Å². The van der Waals surface area contributed by atoms with Crippen LogP contribution in [0.4, 0.5) is 5.82 Å². The third-order valence-corrected chi connectivity index (χ3v) is 3.96. The first kappa shape index (κ1) is 15.7. The second-order valence-corrected chi connectivity index (χ2v) is 5.59. The maximum Gasteiger partial charge on any atom is 0.181 e. The van der Waals surface area contributed by atoms with Gasteiger partial charge in [-0.3, -0.25) is 4.40 Å². The third kappa shape index (κ3) is 3.90. The van der Waals surface area contributed by atoms with E-state index < -0.39 is 0 Å². The summed E-state index contributed by atoms with van der Waals surface area (Å²) in [6, 6.07) is 3.85. The lowest BCUT2D eigenvalue weighted by Gasteiger charge is -2.01. The molecule has 4 heteroatoms. The molecule has 0 saturated heterocycles. The van der Waals surface area contributed by atoms with Crippen LogP contribution in [0.25, 0.3) is 5.65 Å². The molecule has 2 aromatic heterocycles. The number of imidazole rings is 1. The van der Waals surface area contributed by atoms with Gasteiger partial charge in [0.1, 0.15) is 5.82 Å². The Balaban J connectivity index is 1.89.